The van der Waals surface area contributed by atoms with Crippen LogP contribution in [-0.2, 0) is 22.4 Å². The van der Waals surface area contributed by atoms with Crippen molar-refractivity contribution in [1.82, 2.24) is 20.3 Å². The number of nitrogens with one attached hydrogen (secondary N) is 1. The Hall–Kier alpha value is -5.57. The van der Waals surface area contributed by atoms with Crippen LogP contribution in [0.15, 0.2) is 71.5 Å². The molecule has 0 spiro atoms. The Kier molecular flexibility index (Phi) is 8.03. The number of nitrogens with zero attached hydrogens (tertiary/aromatic N) is 3. The number of hydrogen-bond donors (Lipinski definition) is 3. The zero-order valence-electron chi connectivity index (χ0n) is 25.4. The molecule has 2 amide bonds. The molecule has 0 radical (unpaired) electrons. The third-order valence-corrected chi connectivity index (χ3v) is 8.11. The van der Waals surface area contributed by atoms with Gasteiger partial charge in [0.25, 0.3) is 5.91 Å². The number of aromatic nitrogens is 3. The molecule has 2 atom stereocenters. The summed E-state index contributed by atoms with van der Waals surface area (Å²) in [7, 11) is 0. The largest absolute Gasteiger partial charge is 0.489 e. The summed E-state index contributed by atoms with van der Waals surface area (Å²) < 4.78 is 74.9. The fraction of sp³-hybridized carbons (Fsp3) is 0.242. The zero-order chi connectivity index (χ0) is 34.4. The lowest BCUT2D eigenvalue weighted by Gasteiger charge is -2.31. The molecule has 15 heteroatoms. The van der Waals surface area contributed by atoms with Crippen LogP contribution >= 0.6 is 0 Å². The fourth-order valence-electron chi connectivity index (χ4n) is 5.28. The Balaban J connectivity index is 1.37. The van der Waals surface area contributed by atoms with E-state index in [0.717, 1.165) is 18.2 Å². The average molecular weight is 666 g/mol. The van der Waals surface area contributed by atoms with E-state index < -0.39 is 47.1 Å². The summed E-state index contributed by atoms with van der Waals surface area (Å²) in [6, 6.07) is 11.5. The first-order chi connectivity index (χ1) is 22.7. The van der Waals surface area contributed by atoms with Crippen molar-refractivity contribution >= 4 is 22.7 Å². The Morgan fingerprint density at radius 1 is 1.12 bits per heavy atom. The Bertz CT molecular complexity index is 2050. The van der Waals surface area contributed by atoms with E-state index in [1.807, 2.05) is 0 Å². The average Bonchev–Trinajstić information content (AvgIpc) is 3.64. The molecule has 0 saturated heterocycles. The Morgan fingerprint density at radius 2 is 1.88 bits per heavy atom. The highest BCUT2D eigenvalue weighted by Crippen LogP contribution is 2.47. The van der Waals surface area contributed by atoms with Crippen LogP contribution in [0.3, 0.4) is 0 Å². The van der Waals surface area contributed by atoms with Crippen LogP contribution < -0.4 is 20.5 Å². The first-order valence-electron chi connectivity index (χ1n) is 14.4. The number of aryl methyl sites for hydroxylation is 1. The van der Waals surface area contributed by atoms with E-state index >= 15 is 0 Å². The van der Waals surface area contributed by atoms with Gasteiger partial charge in [0, 0.05) is 35.2 Å². The van der Waals surface area contributed by atoms with Gasteiger partial charge in [-0.15, -0.1) is 0 Å². The first-order valence-corrected chi connectivity index (χ1v) is 14.4. The molecule has 6 rings (SSSR count). The number of alkyl halides is 3. The molecule has 1 aliphatic rings. The van der Waals surface area contributed by atoms with Gasteiger partial charge in [0.2, 0.25) is 11.5 Å². The van der Waals surface area contributed by atoms with Gasteiger partial charge < -0.3 is 30.0 Å². The highest BCUT2D eigenvalue weighted by molar-refractivity contribution is 6.00. The fourth-order valence-corrected chi connectivity index (χ4v) is 5.28. The van der Waals surface area contributed by atoms with Crippen molar-refractivity contribution in [3.63, 3.8) is 0 Å². The molecule has 1 aliphatic heterocycles. The van der Waals surface area contributed by atoms with Crippen molar-refractivity contribution in [2.45, 2.75) is 37.6 Å². The summed E-state index contributed by atoms with van der Waals surface area (Å²) in [6.07, 6.45) is -2.48. The Labute approximate surface area is 269 Å². The van der Waals surface area contributed by atoms with Gasteiger partial charge in [0.15, 0.2) is 5.89 Å². The maximum atomic E-state index is 14.8. The lowest BCUT2D eigenvalue weighted by Crippen LogP contribution is -2.51. The van der Waals surface area contributed by atoms with Gasteiger partial charge in [-0.1, -0.05) is 6.07 Å². The van der Waals surface area contributed by atoms with Crippen LogP contribution in [0, 0.1) is 12.7 Å². The molecule has 5 aromatic rings. The zero-order valence-corrected chi connectivity index (χ0v) is 25.4. The number of aliphatic hydroxyl groups is 1. The van der Waals surface area contributed by atoms with Crippen molar-refractivity contribution in [1.29, 1.82) is 0 Å². The normalized spacial score (nSPS) is 17.0. The molecule has 48 heavy (non-hydrogen) atoms. The van der Waals surface area contributed by atoms with Crippen LogP contribution in [0.25, 0.3) is 22.2 Å². The predicted molar refractivity (Wildman–Crippen MR) is 161 cm³/mol. The van der Waals surface area contributed by atoms with Gasteiger partial charge in [-0.05, 0) is 55.5 Å². The maximum Gasteiger partial charge on any atom is 0.424 e. The summed E-state index contributed by atoms with van der Waals surface area (Å²) in [5.41, 5.74) is -0.0180. The number of rotatable bonds is 9. The van der Waals surface area contributed by atoms with Crippen LogP contribution in [0.1, 0.15) is 40.1 Å². The highest BCUT2D eigenvalue weighted by Gasteiger charge is 2.57. The lowest BCUT2D eigenvalue weighted by molar-refractivity contribution is -0.265. The van der Waals surface area contributed by atoms with Gasteiger partial charge in [-0.3, -0.25) is 14.6 Å². The van der Waals surface area contributed by atoms with Gasteiger partial charge >= 0.3 is 6.18 Å². The summed E-state index contributed by atoms with van der Waals surface area (Å²) in [6.45, 7) is 1.30. The Morgan fingerprint density at radius 3 is 2.54 bits per heavy atom. The molecule has 2 aromatic carbocycles. The lowest BCUT2D eigenvalue weighted by atomic mass is 9.81. The van der Waals surface area contributed by atoms with Crippen molar-refractivity contribution in [3.8, 4) is 22.8 Å². The number of oxazole rings is 1. The number of fused-ring (bicyclic) bond motifs is 2. The topological polar surface area (TPSA) is 163 Å². The minimum atomic E-state index is -5.39. The molecule has 4 heterocycles. The molecular formula is C33H27F4N5O6. The molecule has 248 valence electrons. The minimum Gasteiger partial charge on any atom is -0.489 e. The van der Waals surface area contributed by atoms with Gasteiger partial charge in [-0.2, -0.15) is 13.2 Å². The van der Waals surface area contributed by atoms with E-state index in [9.17, 15) is 32.3 Å². The first kappa shape index (κ1) is 32.4. The molecule has 11 nitrogen and oxygen atoms in total. The van der Waals surface area contributed by atoms with Crippen molar-refractivity contribution in [2.24, 2.45) is 5.73 Å². The number of halogens is 4. The van der Waals surface area contributed by atoms with E-state index in [0.29, 0.717) is 22.5 Å². The summed E-state index contributed by atoms with van der Waals surface area (Å²) >= 11 is 0. The third kappa shape index (κ3) is 5.76. The van der Waals surface area contributed by atoms with Crippen molar-refractivity contribution in [2.75, 3.05) is 13.2 Å². The number of primary amides is 1. The van der Waals surface area contributed by atoms with Crippen LogP contribution in [0.5, 0.6) is 11.5 Å². The van der Waals surface area contributed by atoms with Crippen LogP contribution in [0.2, 0.25) is 0 Å². The maximum absolute atomic E-state index is 14.8. The molecular weight excluding hydrogens is 638 g/mol. The number of nitrogens with two attached hydrogens (primary N) is 1. The van der Waals surface area contributed by atoms with Gasteiger partial charge in [0.05, 0.1) is 12.2 Å². The number of amides is 2. The van der Waals surface area contributed by atoms with Crippen LogP contribution in [-0.4, -0.2) is 51.2 Å². The summed E-state index contributed by atoms with van der Waals surface area (Å²) in [5, 5.41) is 14.0. The van der Waals surface area contributed by atoms with E-state index in [1.165, 1.54) is 43.6 Å². The molecule has 0 aliphatic carbocycles. The molecule has 0 fully saturated rings. The second-order valence-electron chi connectivity index (χ2n) is 11.5. The van der Waals surface area contributed by atoms with Crippen molar-refractivity contribution in [3.05, 3.63) is 101 Å². The standard InChI is InChI=1S/C33H27F4N5O6/c1-17-41-22(13-46-17)14-47-24-11-20(10-19-4-3-9-39-26(19)24)29(43)40-15-32(45,33(35,36)37)25-12-23-28(48-16-31(23,2)30(38)44)27(42-25)18-5-7-21(34)8-6-18/h3-13,45H,14-16H2,1-2H3,(H2,38,44)(H,40,43)/t31-,32?/m0/s1. The number of ether oxygens (including phenoxy) is 2. The molecule has 3 aromatic heterocycles. The number of carbonyl (C=O) groups is 2. The number of hydrogen-bond acceptors (Lipinski definition) is 9. The van der Waals surface area contributed by atoms with Crippen molar-refractivity contribution < 1.29 is 46.1 Å². The molecule has 0 bridgehead atoms. The minimum absolute atomic E-state index is 0.0432. The van der Waals surface area contributed by atoms with E-state index in [1.54, 1.807) is 19.1 Å². The van der Waals surface area contributed by atoms with Gasteiger partial charge in [0.1, 0.15) is 59.1 Å². The van der Waals surface area contributed by atoms with E-state index in [-0.39, 0.29) is 47.1 Å². The number of benzene rings is 2. The number of pyridine rings is 2. The quantitative estimate of drug-likeness (QED) is 0.191. The summed E-state index contributed by atoms with van der Waals surface area (Å²) in [4.78, 5) is 38.4. The molecule has 4 N–H and O–H groups in total. The molecule has 0 saturated carbocycles. The smallest absolute Gasteiger partial charge is 0.424 e. The monoisotopic (exact) mass is 665 g/mol. The second-order valence-corrected chi connectivity index (χ2v) is 11.5. The van der Waals surface area contributed by atoms with E-state index in [4.69, 9.17) is 19.6 Å². The SMILES string of the molecule is Cc1nc(COc2cc(C(=O)NCC(O)(c3cc4c(c(-c5ccc(F)cc5)n3)OC[C@]4(C)C(N)=O)C(F)(F)F)cc3cccnc23)co1. The third-order valence-electron chi connectivity index (χ3n) is 8.11. The number of carbonyl (C=O) groups excluding carboxylic acids is 2. The van der Waals surface area contributed by atoms with Gasteiger partial charge in [-0.25, -0.2) is 14.4 Å². The molecule has 1 unspecified atom stereocenters. The van der Waals surface area contributed by atoms with E-state index in [2.05, 4.69) is 20.3 Å². The van der Waals surface area contributed by atoms with Crippen LogP contribution in [0.4, 0.5) is 17.6 Å². The highest BCUT2D eigenvalue weighted by atomic mass is 19.4. The predicted octanol–water partition coefficient (Wildman–Crippen LogP) is 4.63. The second kappa shape index (κ2) is 11.9. The summed E-state index contributed by atoms with van der Waals surface area (Å²) in [5.74, 6) is -1.96.